The number of carbonyl (C=O) groups excluding carboxylic acids is 1. The Morgan fingerprint density at radius 1 is 1.15 bits per heavy atom. The van der Waals surface area contributed by atoms with E-state index in [0.29, 0.717) is 22.3 Å². The molecule has 1 rings (SSSR count). The monoisotopic (exact) mass is 340 g/mol. The Bertz CT molecular complexity index is 396. The van der Waals surface area contributed by atoms with Crippen LogP contribution in [0.3, 0.4) is 0 Å². The maximum Gasteiger partial charge on any atom is 0.257 e. The Hall–Kier alpha value is -0.680. The molecular formula is C13H19Cl3N2O2. The maximum atomic E-state index is 11.5. The molecule has 1 aromatic carbocycles. The summed E-state index contributed by atoms with van der Waals surface area (Å²) in [5, 5.41) is 6.89. The fourth-order valence-electron chi connectivity index (χ4n) is 1.40. The minimum absolute atomic E-state index is 0. The summed E-state index contributed by atoms with van der Waals surface area (Å²) in [7, 11) is 0. The minimum Gasteiger partial charge on any atom is -0.484 e. The molecule has 0 bridgehead atoms. The molecule has 0 fully saturated rings. The van der Waals surface area contributed by atoms with Gasteiger partial charge < -0.3 is 15.4 Å². The van der Waals surface area contributed by atoms with Gasteiger partial charge in [-0.05, 0) is 31.2 Å². The molecule has 0 aliphatic heterocycles. The number of hydrogen-bond acceptors (Lipinski definition) is 3. The smallest absolute Gasteiger partial charge is 0.257 e. The lowest BCUT2D eigenvalue weighted by atomic mass is 10.3. The number of ether oxygens (including phenoxy) is 1. The molecule has 0 saturated heterocycles. The van der Waals surface area contributed by atoms with Crippen LogP contribution in [0, 0.1) is 0 Å². The van der Waals surface area contributed by atoms with Crippen LogP contribution in [0.4, 0.5) is 0 Å². The molecule has 0 spiro atoms. The van der Waals surface area contributed by atoms with Gasteiger partial charge in [0.25, 0.3) is 5.91 Å². The van der Waals surface area contributed by atoms with E-state index in [1.165, 1.54) is 0 Å². The van der Waals surface area contributed by atoms with E-state index in [1.807, 2.05) is 0 Å². The van der Waals surface area contributed by atoms with Crippen LogP contribution in [0.2, 0.25) is 10.0 Å². The summed E-state index contributed by atoms with van der Waals surface area (Å²) in [5.41, 5.74) is 0. The van der Waals surface area contributed by atoms with E-state index in [9.17, 15) is 4.79 Å². The highest BCUT2D eigenvalue weighted by molar-refractivity contribution is 6.34. The second kappa shape index (κ2) is 11.0. The largest absolute Gasteiger partial charge is 0.484 e. The van der Waals surface area contributed by atoms with Crippen molar-refractivity contribution in [3.05, 3.63) is 28.2 Å². The van der Waals surface area contributed by atoms with Crippen LogP contribution in [0.25, 0.3) is 0 Å². The van der Waals surface area contributed by atoms with E-state index in [4.69, 9.17) is 27.9 Å². The van der Waals surface area contributed by atoms with Gasteiger partial charge in [-0.15, -0.1) is 12.4 Å². The Morgan fingerprint density at radius 3 is 2.40 bits per heavy atom. The van der Waals surface area contributed by atoms with Crippen molar-refractivity contribution in [3.8, 4) is 5.75 Å². The average Bonchev–Trinajstić information content (AvgIpc) is 2.35. The zero-order valence-electron chi connectivity index (χ0n) is 11.2. The predicted molar refractivity (Wildman–Crippen MR) is 85.4 cm³/mol. The number of benzene rings is 1. The van der Waals surface area contributed by atoms with E-state index in [1.54, 1.807) is 18.2 Å². The molecule has 20 heavy (non-hydrogen) atoms. The molecule has 2 N–H and O–H groups in total. The van der Waals surface area contributed by atoms with Crippen LogP contribution in [-0.2, 0) is 4.79 Å². The van der Waals surface area contributed by atoms with Crippen molar-refractivity contribution in [1.82, 2.24) is 10.6 Å². The summed E-state index contributed by atoms with van der Waals surface area (Å²) in [5.74, 6) is 0.311. The van der Waals surface area contributed by atoms with Crippen LogP contribution in [-0.4, -0.2) is 32.1 Å². The van der Waals surface area contributed by atoms with Gasteiger partial charge in [-0.3, -0.25) is 4.79 Å². The molecule has 1 aromatic rings. The Balaban J connectivity index is 0.00000361. The Labute approximate surface area is 135 Å². The summed E-state index contributed by atoms with van der Waals surface area (Å²) in [6.07, 6.45) is 1.08. The highest BCUT2D eigenvalue weighted by Crippen LogP contribution is 2.23. The molecular weight excluding hydrogens is 323 g/mol. The number of rotatable bonds is 8. The SMILES string of the molecule is CCCNCCNC(=O)COc1cc(Cl)cc(Cl)c1.Cl. The first kappa shape index (κ1) is 19.3. The van der Waals surface area contributed by atoms with E-state index < -0.39 is 0 Å². The van der Waals surface area contributed by atoms with Crippen molar-refractivity contribution in [1.29, 1.82) is 0 Å². The second-order valence-corrected chi connectivity index (χ2v) is 4.87. The molecule has 0 radical (unpaired) electrons. The first-order valence-electron chi connectivity index (χ1n) is 6.18. The number of nitrogens with one attached hydrogen (secondary N) is 2. The van der Waals surface area contributed by atoms with Crippen LogP contribution >= 0.6 is 35.6 Å². The van der Waals surface area contributed by atoms with Crippen LogP contribution in [0.5, 0.6) is 5.75 Å². The van der Waals surface area contributed by atoms with Crippen molar-refractivity contribution in [2.45, 2.75) is 13.3 Å². The first-order chi connectivity index (χ1) is 9.11. The normalized spacial score (nSPS) is 9.75. The summed E-state index contributed by atoms with van der Waals surface area (Å²) in [4.78, 5) is 11.5. The lowest BCUT2D eigenvalue weighted by Crippen LogP contribution is -2.35. The van der Waals surface area contributed by atoms with Gasteiger partial charge >= 0.3 is 0 Å². The number of amides is 1. The van der Waals surface area contributed by atoms with Gasteiger partial charge in [-0.25, -0.2) is 0 Å². The topological polar surface area (TPSA) is 50.4 Å². The third-order valence-corrected chi connectivity index (χ3v) is 2.69. The van der Waals surface area contributed by atoms with Crippen LogP contribution in [0.1, 0.15) is 13.3 Å². The fourth-order valence-corrected chi connectivity index (χ4v) is 1.91. The molecule has 0 atom stereocenters. The average molecular weight is 342 g/mol. The lowest BCUT2D eigenvalue weighted by Gasteiger charge is -2.08. The highest BCUT2D eigenvalue weighted by atomic mass is 35.5. The van der Waals surface area contributed by atoms with Gasteiger partial charge in [0.15, 0.2) is 6.61 Å². The van der Waals surface area contributed by atoms with E-state index in [2.05, 4.69) is 17.6 Å². The van der Waals surface area contributed by atoms with Gasteiger partial charge in [0.2, 0.25) is 0 Å². The quantitative estimate of drug-likeness (QED) is 0.715. The van der Waals surface area contributed by atoms with Crippen LogP contribution < -0.4 is 15.4 Å². The summed E-state index contributed by atoms with van der Waals surface area (Å²) in [6.45, 7) is 4.33. The molecule has 7 heteroatoms. The predicted octanol–water partition coefficient (Wildman–Crippen LogP) is 2.91. The van der Waals surface area contributed by atoms with E-state index in [0.717, 1.165) is 19.5 Å². The van der Waals surface area contributed by atoms with Gasteiger partial charge in [-0.2, -0.15) is 0 Å². The molecule has 0 aromatic heterocycles. The molecule has 0 unspecified atom stereocenters. The second-order valence-electron chi connectivity index (χ2n) is 3.99. The number of carbonyl (C=O) groups is 1. The Morgan fingerprint density at radius 2 is 1.80 bits per heavy atom. The van der Waals surface area contributed by atoms with Crippen LogP contribution in [0.15, 0.2) is 18.2 Å². The zero-order valence-corrected chi connectivity index (χ0v) is 13.6. The molecule has 0 aliphatic rings. The number of hydrogen-bond donors (Lipinski definition) is 2. The number of halogens is 3. The van der Waals surface area contributed by atoms with Gasteiger partial charge in [0, 0.05) is 23.1 Å². The van der Waals surface area contributed by atoms with Crippen molar-refractivity contribution in [3.63, 3.8) is 0 Å². The lowest BCUT2D eigenvalue weighted by molar-refractivity contribution is -0.123. The van der Waals surface area contributed by atoms with E-state index in [-0.39, 0.29) is 24.9 Å². The fraction of sp³-hybridized carbons (Fsp3) is 0.462. The maximum absolute atomic E-state index is 11.5. The summed E-state index contributed by atoms with van der Waals surface area (Å²) >= 11 is 11.6. The standard InChI is InChI=1S/C13H18Cl2N2O2.ClH/c1-2-3-16-4-5-17-13(18)9-19-12-7-10(14)6-11(15)8-12;/h6-8,16H,2-5,9H2,1H3,(H,17,18);1H. The van der Waals surface area contributed by atoms with Crippen molar-refractivity contribution >= 4 is 41.5 Å². The molecule has 1 amide bonds. The minimum atomic E-state index is -0.172. The first-order valence-corrected chi connectivity index (χ1v) is 6.93. The molecule has 0 aliphatic carbocycles. The zero-order chi connectivity index (χ0) is 14.1. The molecule has 4 nitrogen and oxygen atoms in total. The van der Waals surface area contributed by atoms with Gasteiger partial charge in [-0.1, -0.05) is 30.1 Å². The van der Waals surface area contributed by atoms with E-state index >= 15 is 0 Å². The third kappa shape index (κ3) is 8.48. The van der Waals surface area contributed by atoms with Crippen molar-refractivity contribution in [2.24, 2.45) is 0 Å². The molecule has 0 heterocycles. The van der Waals surface area contributed by atoms with Gasteiger partial charge in [0.05, 0.1) is 0 Å². The third-order valence-electron chi connectivity index (χ3n) is 2.26. The molecule has 114 valence electrons. The van der Waals surface area contributed by atoms with Gasteiger partial charge in [0.1, 0.15) is 5.75 Å². The highest BCUT2D eigenvalue weighted by Gasteiger charge is 2.03. The summed E-state index contributed by atoms with van der Waals surface area (Å²) < 4.78 is 5.31. The molecule has 0 saturated carbocycles. The van der Waals surface area contributed by atoms with Crippen molar-refractivity contribution < 1.29 is 9.53 Å². The summed E-state index contributed by atoms with van der Waals surface area (Å²) in [6, 6.07) is 4.84. The Kier molecular flexibility index (Phi) is 10.7. The van der Waals surface area contributed by atoms with Crippen molar-refractivity contribution in [2.75, 3.05) is 26.2 Å².